The van der Waals surface area contributed by atoms with E-state index in [4.69, 9.17) is 14.2 Å². The molecule has 6 heteroatoms. The molecular formula is C16H14BrFO4. The second kappa shape index (κ2) is 7.26. The Bertz CT molecular complexity index is 688. The Labute approximate surface area is 135 Å². The summed E-state index contributed by atoms with van der Waals surface area (Å²) in [5.41, 5.74) is 0.261. The van der Waals surface area contributed by atoms with Crippen molar-refractivity contribution in [2.45, 2.75) is 6.92 Å². The molecule has 4 nitrogen and oxygen atoms in total. The van der Waals surface area contributed by atoms with Crippen LogP contribution in [-0.2, 0) is 0 Å². The summed E-state index contributed by atoms with van der Waals surface area (Å²) >= 11 is 3.33. The van der Waals surface area contributed by atoms with Crippen molar-refractivity contribution in [1.29, 1.82) is 0 Å². The average Bonchev–Trinajstić information content (AvgIpc) is 2.49. The zero-order valence-corrected chi connectivity index (χ0v) is 13.6. The highest BCUT2D eigenvalue weighted by atomic mass is 79.9. The zero-order valence-electron chi connectivity index (χ0n) is 12.1. The molecule has 0 fully saturated rings. The molecule has 0 aromatic heterocycles. The summed E-state index contributed by atoms with van der Waals surface area (Å²) in [5.74, 6) is -0.0490. The Hall–Kier alpha value is -2.08. The Balaban J connectivity index is 2.28. The molecule has 0 heterocycles. The number of methoxy groups -OCH3 is 1. The normalized spacial score (nSPS) is 10.2. The summed E-state index contributed by atoms with van der Waals surface area (Å²) in [4.78, 5) is 12.2. The number of carbonyl (C=O) groups excluding carboxylic acids is 1. The van der Waals surface area contributed by atoms with Gasteiger partial charge in [0.1, 0.15) is 11.6 Å². The molecule has 2 aromatic rings. The van der Waals surface area contributed by atoms with Gasteiger partial charge in [-0.25, -0.2) is 9.18 Å². The Morgan fingerprint density at radius 3 is 2.68 bits per heavy atom. The molecule has 0 radical (unpaired) electrons. The van der Waals surface area contributed by atoms with E-state index in [0.29, 0.717) is 22.6 Å². The third kappa shape index (κ3) is 3.76. The van der Waals surface area contributed by atoms with Crippen molar-refractivity contribution in [2.75, 3.05) is 13.7 Å². The van der Waals surface area contributed by atoms with Gasteiger partial charge in [-0.2, -0.15) is 0 Å². The molecular weight excluding hydrogens is 355 g/mol. The fourth-order valence-electron chi connectivity index (χ4n) is 1.82. The molecule has 0 aliphatic rings. The minimum atomic E-state index is -0.618. The molecule has 116 valence electrons. The molecule has 2 aromatic carbocycles. The van der Waals surface area contributed by atoms with E-state index < -0.39 is 11.8 Å². The number of hydrogen-bond donors (Lipinski definition) is 0. The summed E-state index contributed by atoms with van der Waals surface area (Å²) in [6.45, 7) is 2.31. The van der Waals surface area contributed by atoms with Gasteiger partial charge >= 0.3 is 5.97 Å². The van der Waals surface area contributed by atoms with E-state index in [1.807, 2.05) is 6.92 Å². The number of carbonyl (C=O) groups is 1. The Morgan fingerprint density at radius 2 is 2.05 bits per heavy atom. The lowest BCUT2D eigenvalue weighted by atomic mass is 10.2. The van der Waals surface area contributed by atoms with Gasteiger partial charge in [0.15, 0.2) is 11.5 Å². The molecule has 22 heavy (non-hydrogen) atoms. The first-order valence-corrected chi connectivity index (χ1v) is 7.32. The van der Waals surface area contributed by atoms with Crippen LogP contribution in [0.5, 0.6) is 17.2 Å². The van der Waals surface area contributed by atoms with Gasteiger partial charge in [0.05, 0.1) is 23.8 Å². The third-order valence-electron chi connectivity index (χ3n) is 2.76. The Morgan fingerprint density at radius 1 is 1.27 bits per heavy atom. The molecule has 0 atom stereocenters. The number of hydrogen-bond acceptors (Lipinski definition) is 4. The van der Waals surface area contributed by atoms with Gasteiger partial charge in [0.2, 0.25) is 0 Å². The monoisotopic (exact) mass is 368 g/mol. The van der Waals surface area contributed by atoms with Crippen LogP contribution in [0.3, 0.4) is 0 Å². The molecule has 0 saturated heterocycles. The average molecular weight is 369 g/mol. The smallest absolute Gasteiger partial charge is 0.343 e. The van der Waals surface area contributed by atoms with Gasteiger partial charge in [-0.1, -0.05) is 6.07 Å². The van der Waals surface area contributed by atoms with Gasteiger partial charge < -0.3 is 14.2 Å². The SMILES string of the molecule is CCOc1c(Br)cc(C(=O)Oc2cccc(F)c2)cc1OC. The van der Waals surface area contributed by atoms with E-state index in [1.165, 1.54) is 31.4 Å². The van der Waals surface area contributed by atoms with E-state index >= 15 is 0 Å². The maximum absolute atomic E-state index is 13.1. The van der Waals surface area contributed by atoms with Crippen LogP contribution in [-0.4, -0.2) is 19.7 Å². The lowest BCUT2D eigenvalue weighted by Crippen LogP contribution is -2.09. The first kappa shape index (κ1) is 16.3. The van der Waals surface area contributed by atoms with Gasteiger partial charge in [-0.05, 0) is 47.1 Å². The van der Waals surface area contributed by atoms with Crippen LogP contribution in [0.25, 0.3) is 0 Å². The molecule has 2 rings (SSSR count). The fraction of sp³-hybridized carbons (Fsp3) is 0.188. The molecule has 0 bridgehead atoms. The second-order valence-electron chi connectivity index (χ2n) is 4.27. The zero-order chi connectivity index (χ0) is 16.1. The second-order valence-corrected chi connectivity index (χ2v) is 5.12. The number of ether oxygens (including phenoxy) is 3. The van der Waals surface area contributed by atoms with Gasteiger partial charge in [0, 0.05) is 6.07 Å². The predicted molar refractivity (Wildman–Crippen MR) is 83.2 cm³/mol. The lowest BCUT2D eigenvalue weighted by Gasteiger charge is -2.13. The van der Waals surface area contributed by atoms with Gasteiger partial charge in [0.25, 0.3) is 0 Å². The van der Waals surface area contributed by atoms with Crippen LogP contribution in [0.15, 0.2) is 40.9 Å². The van der Waals surface area contributed by atoms with Crippen LogP contribution >= 0.6 is 15.9 Å². The van der Waals surface area contributed by atoms with E-state index in [9.17, 15) is 9.18 Å². The highest BCUT2D eigenvalue weighted by molar-refractivity contribution is 9.10. The molecule has 0 amide bonds. The molecule has 0 aliphatic carbocycles. The summed E-state index contributed by atoms with van der Waals surface area (Å²) in [5, 5.41) is 0. The van der Waals surface area contributed by atoms with Crippen LogP contribution < -0.4 is 14.2 Å². The van der Waals surface area contributed by atoms with E-state index in [0.717, 1.165) is 6.07 Å². The quantitative estimate of drug-likeness (QED) is 0.585. The maximum Gasteiger partial charge on any atom is 0.343 e. The van der Waals surface area contributed by atoms with E-state index in [2.05, 4.69) is 15.9 Å². The van der Waals surface area contributed by atoms with Crippen molar-refractivity contribution < 1.29 is 23.4 Å². The van der Waals surface area contributed by atoms with Gasteiger partial charge in [-0.3, -0.25) is 0 Å². The number of rotatable bonds is 5. The summed E-state index contributed by atoms with van der Waals surface area (Å²) in [6, 6.07) is 8.45. The van der Waals surface area contributed by atoms with Crippen molar-refractivity contribution in [1.82, 2.24) is 0 Å². The minimum absolute atomic E-state index is 0.133. The highest BCUT2D eigenvalue weighted by Gasteiger charge is 2.17. The van der Waals surface area contributed by atoms with Crippen LogP contribution in [0.4, 0.5) is 4.39 Å². The Kier molecular flexibility index (Phi) is 5.38. The van der Waals surface area contributed by atoms with Crippen molar-refractivity contribution in [3.05, 3.63) is 52.3 Å². The minimum Gasteiger partial charge on any atom is -0.493 e. The number of benzene rings is 2. The fourth-order valence-corrected chi connectivity index (χ4v) is 2.38. The molecule has 0 saturated carbocycles. The summed E-state index contributed by atoms with van der Waals surface area (Å²) < 4.78 is 29.5. The maximum atomic E-state index is 13.1. The molecule has 0 unspecified atom stereocenters. The van der Waals surface area contributed by atoms with Crippen LogP contribution in [0.2, 0.25) is 0 Å². The predicted octanol–water partition coefficient (Wildman–Crippen LogP) is 4.21. The van der Waals surface area contributed by atoms with Crippen molar-refractivity contribution in [2.24, 2.45) is 0 Å². The summed E-state index contributed by atoms with van der Waals surface area (Å²) in [6.07, 6.45) is 0. The highest BCUT2D eigenvalue weighted by Crippen LogP contribution is 2.36. The van der Waals surface area contributed by atoms with Crippen LogP contribution in [0.1, 0.15) is 17.3 Å². The first-order chi connectivity index (χ1) is 10.5. The number of esters is 1. The molecule has 0 aliphatic heterocycles. The first-order valence-electron chi connectivity index (χ1n) is 6.53. The van der Waals surface area contributed by atoms with Crippen molar-refractivity contribution >= 4 is 21.9 Å². The summed E-state index contributed by atoms with van der Waals surface area (Å²) in [7, 11) is 1.48. The lowest BCUT2D eigenvalue weighted by molar-refractivity contribution is 0.0734. The van der Waals surface area contributed by atoms with Crippen LogP contribution in [0, 0.1) is 5.82 Å². The largest absolute Gasteiger partial charge is 0.493 e. The number of halogens is 2. The topological polar surface area (TPSA) is 44.8 Å². The standard InChI is InChI=1S/C16H14BrFO4/c1-3-21-15-13(17)7-10(8-14(15)20-2)16(19)22-12-6-4-5-11(18)9-12/h4-9H,3H2,1-2H3. The van der Waals surface area contributed by atoms with Gasteiger partial charge in [-0.15, -0.1) is 0 Å². The van der Waals surface area contributed by atoms with E-state index in [1.54, 1.807) is 6.07 Å². The molecule has 0 spiro atoms. The third-order valence-corrected chi connectivity index (χ3v) is 3.35. The molecule has 0 N–H and O–H groups in total. The van der Waals surface area contributed by atoms with Crippen molar-refractivity contribution in [3.63, 3.8) is 0 Å². The van der Waals surface area contributed by atoms with Crippen molar-refractivity contribution in [3.8, 4) is 17.2 Å². The van der Waals surface area contributed by atoms with E-state index in [-0.39, 0.29) is 11.3 Å².